The Morgan fingerprint density at radius 2 is 1.95 bits per heavy atom. The summed E-state index contributed by atoms with van der Waals surface area (Å²) in [7, 11) is 1.73. The van der Waals surface area contributed by atoms with Crippen molar-refractivity contribution in [3.63, 3.8) is 0 Å². The van der Waals surface area contributed by atoms with E-state index in [4.69, 9.17) is 16.3 Å². The summed E-state index contributed by atoms with van der Waals surface area (Å²) in [5.74, 6) is 0.663. The monoisotopic (exact) mass is 276 g/mol. The first-order chi connectivity index (χ1) is 9.29. The fourth-order valence-corrected chi connectivity index (χ4v) is 3.87. The summed E-state index contributed by atoms with van der Waals surface area (Å²) in [6.07, 6.45) is 10.7. The van der Waals surface area contributed by atoms with E-state index >= 15 is 0 Å². The SMILES string of the molecule is COC=C1CCc2cc(Cl)c(C3CCCCC3)cc21. The van der Waals surface area contributed by atoms with Crippen LogP contribution in [0.2, 0.25) is 5.02 Å². The molecule has 0 N–H and O–H groups in total. The third kappa shape index (κ3) is 2.53. The molecule has 19 heavy (non-hydrogen) atoms. The van der Waals surface area contributed by atoms with Crippen molar-refractivity contribution < 1.29 is 4.74 Å². The molecule has 3 rings (SSSR count). The van der Waals surface area contributed by atoms with Crippen LogP contribution in [0.5, 0.6) is 0 Å². The number of allylic oxidation sites excluding steroid dienone is 1. The Hall–Kier alpha value is -0.950. The van der Waals surface area contributed by atoms with Gasteiger partial charge in [-0.15, -0.1) is 0 Å². The molecule has 0 saturated heterocycles. The summed E-state index contributed by atoms with van der Waals surface area (Å²) >= 11 is 6.52. The summed E-state index contributed by atoms with van der Waals surface area (Å²) in [4.78, 5) is 0. The molecule has 0 spiro atoms. The average Bonchev–Trinajstić information content (AvgIpc) is 2.81. The third-order valence-corrected chi connectivity index (χ3v) is 4.86. The van der Waals surface area contributed by atoms with Gasteiger partial charge in [0.15, 0.2) is 0 Å². The molecule has 2 heteroatoms. The largest absolute Gasteiger partial charge is 0.504 e. The van der Waals surface area contributed by atoms with Gasteiger partial charge in [-0.05, 0) is 66.0 Å². The van der Waals surface area contributed by atoms with Gasteiger partial charge in [0.1, 0.15) is 0 Å². The highest BCUT2D eigenvalue weighted by atomic mass is 35.5. The quantitative estimate of drug-likeness (QED) is 0.664. The summed E-state index contributed by atoms with van der Waals surface area (Å²) in [5.41, 5.74) is 5.44. The van der Waals surface area contributed by atoms with Crippen molar-refractivity contribution in [2.45, 2.75) is 50.9 Å². The first-order valence-corrected chi connectivity index (χ1v) is 7.72. The van der Waals surface area contributed by atoms with Crippen molar-refractivity contribution in [3.05, 3.63) is 40.1 Å². The van der Waals surface area contributed by atoms with Crippen LogP contribution in [0.4, 0.5) is 0 Å². The minimum absolute atomic E-state index is 0.663. The molecule has 1 saturated carbocycles. The normalized spacial score (nSPS) is 21.7. The van der Waals surface area contributed by atoms with E-state index in [1.165, 1.54) is 54.4 Å². The molecular formula is C17H21ClO. The minimum atomic E-state index is 0.663. The minimum Gasteiger partial charge on any atom is -0.504 e. The maximum atomic E-state index is 6.52. The van der Waals surface area contributed by atoms with E-state index in [9.17, 15) is 0 Å². The lowest BCUT2D eigenvalue weighted by molar-refractivity contribution is 0.339. The van der Waals surface area contributed by atoms with Gasteiger partial charge in [0, 0.05) is 5.02 Å². The van der Waals surface area contributed by atoms with Crippen LogP contribution in [0.15, 0.2) is 18.4 Å². The lowest BCUT2D eigenvalue weighted by Crippen LogP contribution is -2.06. The zero-order valence-corrected chi connectivity index (χ0v) is 12.3. The second kappa shape index (κ2) is 5.58. The fraction of sp³-hybridized carbons (Fsp3) is 0.529. The van der Waals surface area contributed by atoms with Crippen molar-refractivity contribution in [1.82, 2.24) is 0 Å². The Balaban J connectivity index is 1.97. The standard InChI is InChI=1S/C17H21ClO/c1-19-11-14-8-7-13-9-17(18)16(10-15(13)14)12-5-3-2-4-6-12/h9-12H,2-8H2,1H3. The number of rotatable bonds is 2. The van der Waals surface area contributed by atoms with Crippen LogP contribution in [0.1, 0.15) is 61.1 Å². The number of hydrogen-bond donors (Lipinski definition) is 0. The molecule has 1 nitrogen and oxygen atoms in total. The molecule has 0 radical (unpaired) electrons. The number of ether oxygens (including phenoxy) is 1. The number of methoxy groups -OCH3 is 1. The van der Waals surface area contributed by atoms with Crippen LogP contribution in [0.3, 0.4) is 0 Å². The topological polar surface area (TPSA) is 9.23 Å². The highest BCUT2D eigenvalue weighted by molar-refractivity contribution is 6.31. The summed E-state index contributed by atoms with van der Waals surface area (Å²) in [6.45, 7) is 0. The van der Waals surface area contributed by atoms with Gasteiger partial charge in [0.25, 0.3) is 0 Å². The maximum Gasteiger partial charge on any atom is 0.0862 e. The second-order valence-corrected chi connectivity index (χ2v) is 6.15. The molecule has 1 aromatic carbocycles. The van der Waals surface area contributed by atoms with Gasteiger partial charge in [0.2, 0.25) is 0 Å². The van der Waals surface area contributed by atoms with E-state index in [0.29, 0.717) is 5.92 Å². The molecule has 0 heterocycles. The van der Waals surface area contributed by atoms with E-state index in [0.717, 1.165) is 17.9 Å². The number of benzene rings is 1. The third-order valence-electron chi connectivity index (χ3n) is 4.54. The summed E-state index contributed by atoms with van der Waals surface area (Å²) < 4.78 is 5.20. The first kappa shape index (κ1) is 13.1. The van der Waals surface area contributed by atoms with E-state index in [-0.39, 0.29) is 0 Å². The maximum absolute atomic E-state index is 6.52. The van der Waals surface area contributed by atoms with Crippen LogP contribution in [0, 0.1) is 0 Å². The fourth-order valence-electron chi connectivity index (χ4n) is 3.53. The smallest absolute Gasteiger partial charge is 0.0862 e. The Morgan fingerprint density at radius 3 is 2.68 bits per heavy atom. The van der Waals surface area contributed by atoms with Crippen molar-refractivity contribution >= 4 is 17.2 Å². The van der Waals surface area contributed by atoms with Crippen molar-refractivity contribution in [1.29, 1.82) is 0 Å². The summed E-state index contributed by atoms with van der Waals surface area (Å²) in [5, 5.41) is 0.976. The van der Waals surface area contributed by atoms with Gasteiger partial charge in [-0.1, -0.05) is 30.9 Å². The van der Waals surface area contributed by atoms with E-state index < -0.39 is 0 Å². The number of fused-ring (bicyclic) bond motifs is 1. The van der Waals surface area contributed by atoms with Crippen LogP contribution >= 0.6 is 11.6 Å². The van der Waals surface area contributed by atoms with E-state index in [1.807, 2.05) is 6.26 Å². The zero-order chi connectivity index (χ0) is 13.2. The van der Waals surface area contributed by atoms with Crippen LogP contribution in [-0.2, 0) is 11.2 Å². The van der Waals surface area contributed by atoms with Gasteiger partial charge in [-0.25, -0.2) is 0 Å². The molecule has 102 valence electrons. The molecule has 1 aromatic rings. The van der Waals surface area contributed by atoms with Crippen molar-refractivity contribution in [3.8, 4) is 0 Å². The Bertz CT molecular complexity index is 498. The molecule has 0 amide bonds. The number of halogens is 1. The Labute approximate surface area is 120 Å². The second-order valence-electron chi connectivity index (χ2n) is 5.74. The van der Waals surface area contributed by atoms with E-state index in [1.54, 1.807) is 7.11 Å². The molecule has 0 aromatic heterocycles. The molecule has 0 aliphatic heterocycles. The molecule has 1 fully saturated rings. The molecule has 2 aliphatic rings. The molecule has 0 unspecified atom stereocenters. The van der Waals surface area contributed by atoms with E-state index in [2.05, 4.69) is 12.1 Å². The zero-order valence-electron chi connectivity index (χ0n) is 11.5. The van der Waals surface area contributed by atoms with Crippen molar-refractivity contribution in [2.75, 3.05) is 7.11 Å². The highest BCUT2D eigenvalue weighted by Gasteiger charge is 2.23. The Morgan fingerprint density at radius 1 is 1.16 bits per heavy atom. The van der Waals surface area contributed by atoms with Crippen LogP contribution < -0.4 is 0 Å². The van der Waals surface area contributed by atoms with Gasteiger partial charge < -0.3 is 4.74 Å². The Kier molecular flexibility index (Phi) is 3.83. The number of aryl methyl sites for hydroxylation is 1. The molecule has 2 aliphatic carbocycles. The van der Waals surface area contributed by atoms with Crippen LogP contribution in [-0.4, -0.2) is 7.11 Å². The first-order valence-electron chi connectivity index (χ1n) is 7.34. The predicted molar refractivity (Wildman–Crippen MR) is 80.6 cm³/mol. The van der Waals surface area contributed by atoms with Gasteiger partial charge >= 0.3 is 0 Å². The summed E-state index contributed by atoms with van der Waals surface area (Å²) in [6, 6.07) is 4.53. The van der Waals surface area contributed by atoms with Crippen molar-refractivity contribution in [2.24, 2.45) is 0 Å². The lowest BCUT2D eigenvalue weighted by atomic mass is 9.83. The van der Waals surface area contributed by atoms with Gasteiger partial charge in [-0.2, -0.15) is 0 Å². The molecule has 0 bridgehead atoms. The van der Waals surface area contributed by atoms with Gasteiger partial charge in [-0.3, -0.25) is 0 Å². The number of hydrogen-bond acceptors (Lipinski definition) is 1. The highest BCUT2D eigenvalue weighted by Crippen LogP contribution is 2.41. The predicted octanol–water partition coefficient (Wildman–Crippen LogP) is 5.32. The molecule has 0 atom stereocenters. The lowest BCUT2D eigenvalue weighted by Gasteiger charge is -2.23. The van der Waals surface area contributed by atoms with Gasteiger partial charge in [0.05, 0.1) is 13.4 Å². The molecular weight excluding hydrogens is 256 g/mol. The average molecular weight is 277 g/mol. The van der Waals surface area contributed by atoms with Crippen LogP contribution in [0.25, 0.3) is 5.57 Å².